The normalized spacial score (nSPS) is 13.9. The summed E-state index contributed by atoms with van der Waals surface area (Å²) in [5.74, 6) is 0. The number of rotatable bonds is 4. The molecule has 0 heterocycles. The molecule has 0 amide bonds. The van der Waals surface area contributed by atoms with E-state index < -0.39 is 24.2 Å². The summed E-state index contributed by atoms with van der Waals surface area (Å²) >= 11 is 0. The van der Waals surface area contributed by atoms with Gasteiger partial charge in [0.05, 0.1) is 11.0 Å². The molecule has 0 spiro atoms. The van der Waals surface area contributed by atoms with E-state index >= 15 is 0 Å². The van der Waals surface area contributed by atoms with Crippen LogP contribution in [0, 0.1) is 0 Å². The van der Waals surface area contributed by atoms with Crippen LogP contribution in [0.4, 0.5) is 0 Å². The van der Waals surface area contributed by atoms with E-state index in [2.05, 4.69) is 54.6 Å². The summed E-state index contributed by atoms with van der Waals surface area (Å²) in [4.78, 5) is 0. The molecule has 0 nitrogen and oxygen atoms in total. The Kier molecular flexibility index (Phi) is 4.59. The van der Waals surface area contributed by atoms with Crippen molar-refractivity contribution in [3.05, 3.63) is 182 Å². The van der Waals surface area contributed by atoms with Crippen LogP contribution in [0.15, 0.2) is 182 Å². The van der Waals surface area contributed by atoms with E-state index in [-0.39, 0.29) is 45.7 Å². The summed E-state index contributed by atoms with van der Waals surface area (Å²) in [5, 5.41) is 5.21. The van der Waals surface area contributed by atoms with E-state index in [4.69, 9.17) is 5.48 Å². The first kappa shape index (κ1) is 19.4. The quantitative estimate of drug-likeness (QED) is 0.179. The van der Waals surface area contributed by atoms with Gasteiger partial charge in [-0.3, -0.25) is 0 Å². The van der Waals surface area contributed by atoms with Crippen LogP contribution in [0.2, 0.25) is 0 Å². The second kappa shape index (κ2) is 10.9. The third-order valence-corrected chi connectivity index (χ3v) is 8.91. The highest BCUT2D eigenvalue weighted by Crippen LogP contribution is 2.44. The van der Waals surface area contributed by atoms with Crippen LogP contribution in [0.3, 0.4) is 0 Å². The lowest BCUT2D eigenvalue weighted by molar-refractivity contribution is 1.62. The maximum absolute atomic E-state index is 9.27. The van der Waals surface area contributed by atoms with Crippen molar-refractivity contribution in [1.29, 1.82) is 0 Å². The van der Waals surface area contributed by atoms with E-state index in [1.54, 1.807) is 0 Å². The van der Waals surface area contributed by atoms with Crippen LogP contribution in [0.25, 0.3) is 87.6 Å². The molecule has 0 unspecified atom stereocenters. The summed E-state index contributed by atoms with van der Waals surface area (Å²) in [5.41, 5.74) is 5.72. The van der Waals surface area contributed by atoms with E-state index in [1.165, 1.54) is 0 Å². The third-order valence-electron chi connectivity index (χ3n) is 8.91. The Balaban J connectivity index is 1.34. The summed E-state index contributed by atoms with van der Waals surface area (Å²) < 4.78 is 72.0. The lowest BCUT2D eigenvalue weighted by Gasteiger charge is -2.18. The van der Waals surface area contributed by atoms with Gasteiger partial charge in [0.1, 0.15) is 0 Å². The Morgan fingerprint density at radius 1 is 0.304 bits per heavy atom. The van der Waals surface area contributed by atoms with Crippen molar-refractivity contribution >= 4 is 43.1 Å². The highest BCUT2D eigenvalue weighted by molar-refractivity contribution is 6.21. The van der Waals surface area contributed by atoms with Crippen molar-refractivity contribution in [2.45, 2.75) is 0 Å². The van der Waals surface area contributed by atoms with E-state index in [0.29, 0.717) is 22.3 Å². The number of benzene rings is 9. The Bertz CT molecular complexity index is 2920. The fourth-order valence-electron chi connectivity index (χ4n) is 6.69. The first-order valence-electron chi connectivity index (χ1n) is 19.3. The van der Waals surface area contributed by atoms with Crippen molar-refractivity contribution in [1.82, 2.24) is 0 Å². The average molecular weight is 591 g/mol. The van der Waals surface area contributed by atoms with Gasteiger partial charge in [-0.1, -0.05) is 176 Å². The van der Waals surface area contributed by atoms with Crippen molar-refractivity contribution in [3.63, 3.8) is 0 Å². The molecule has 0 saturated carbocycles. The van der Waals surface area contributed by atoms with E-state index in [0.717, 1.165) is 43.8 Å². The Labute approximate surface area is 280 Å². The predicted octanol–water partition coefficient (Wildman–Crippen LogP) is 13.0. The van der Waals surface area contributed by atoms with Gasteiger partial charge in [0.2, 0.25) is 0 Å². The van der Waals surface area contributed by atoms with Gasteiger partial charge in [0.25, 0.3) is 0 Å². The van der Waals surface area contributed by atoms with Crippen LogP contribution >= 0.6 is 0 Å². The second-order valence-corrected chi connectivity index (χ2v) is 11.5. The molecule has 9 aromatic carbocycles. The van der Waals surface area contributed by atoms with Crippen LogP contribution in [0.1, 0.15) is 11.0 Å². The second-order valence-electron chi connectivity index (χ2n) is 11.5. The maximum atomic E-state index is 9.27. The third kappa shape index (κ3) is 4.38. The van der Waals surface area contributed by atoms with Crippen LogP contribution in [0.5, 0.6) is 0 Å². The molecule has 0 fully saturated rings. The number of hydrogen-bond donors (Lipinski definition) is 0. The van der Waals surface area contributed by atoms with E-state index in [1.807, 2.05) is 78.9 Å². The zero-order chi connectivity index (χ0) is 37.4. The lowest BCUT2D eigenvalue weighted by atomic mass is 9.85. The minimum absolute atomic E-state index is 0.199. The minimum Gasteiger partial charge on any atom is -0.0616 e. The first-order chi connectivity index (χ1) is 26.1. The fourth-order valence-corrected chi connectivity index (χ4v) is 6.69. The molecule has 0 N–H and O–H groups in total. The molecule has 0 aromatic heterocycles. The molecular weight excluding hydrogens is 553 g/mol. The average Bonchev–Trinajstić information content (AvgIpc) is 3.22. The van der Waals surface area contributed by atoms with Crippen molar-refractivity contribution in [2.75, 3.05) is 0 Å². The molecule has 9 aromatic rings. The molecule has 0 radical (unpaired) electrons. The molecular formula is C46H30. The predicted molar refractivity (Wildman–Crippen MR) is 198 cm³/mol. The van der Waals surface area contributed by atoms with E-state index in [9.17, 15) is 5.48 Å². The van der Waals surface area contributed by atoms with Crippen LogP contribution in [-0.2, 0) is 0 Å². The minimum atomic E-state index is -0.418. The van der Waals surface area contributed by atoms with Gasteiger partial charge in [-0.15, -0.1) is 0 Å². The molecule has 0 aliphatic rings. The van der Waals surface area contributed by atoms with Crippen molar-refractivity contribution in [2.24, 2.45) is 0 Å². The highest BCUT2D eigenvalue weighted by Gasteiger charge is 2.17. The molecule has 0 saturated heterocycles. The Morgan fingerprint density at radius 3 is 1.37 bits per heavy atom. The largest absolute Gasteiger partial charge is 0.0629 e. The molecule has 214 valence electrons. The van der Waals surface area contributed by atoms with Gasteiger partial charge in [0.15, 0.2) is 0 Å². The molecule has 0 aliphatic carbocycles. The topological polar surface area (TPSA) is 0 Å². The smallest absolute Gasteiger partial charge is 0.0616 e. The van der Waals surface area contributed by atoms with Gasteiger partial charge in [-0.25, -0.2) is 0 Å². The standard InChI is InChI=1S/C46H30/c1-2-12-37-30-38(29-22-31(37)10-1)32-20-25-35(26-21-32)45-41-15-5-7-17-43(41)46(44-18-8-6-16-42(44)45)36-27-23-34(24-28-36)40-19-9-13-33-11-3-4-14-39(33)40/h1-30H/i5D,6D,7D,8D,15D,16D,17D,18D. The molecule has 46 heavy (non-hydrogen) atoms. The summed E-state index contributed by atoms with van der Waals surface area (Å²) in [6.45, 7) is 0. The van der Waals surface area contributed by atoms with Gasteiger partial charge < -0.3 is 0 Å². The van der Waals surface area contributed by atoms with Crippen LogP contribution in [-0.4, -0.2) is 0 Å². The molecule has 9 rings (SSSR count). The first-order valence-corrected chi connectivity index (χ1v) is 15.3. The Hall–Kier alpha value is -5.98. The van der Waals surface area contributed by atoms with Gasteiger partial charge in [-0.05, 0) is 93.7 Å². The molecule has 0 bridgehead atoms. The summed E-state index contributed by atoms with van der Waals surface area (Å²) in [7, 11) is 0. The number of hydrogen-bond acceptors (Lipinski definition) is 0. The fraction of sp³-hybridized carbons (Fsp3) is 0. The summed E-state index contributed by atoms with van der Waals surface area (Å²) in [6, 6.07) is 41.1. The van der Waals surface area contributed by atoms with Crippen LogP contribution < -0.4 is 0 Å². The van der Waals surface area contributed by atoms with Gasteiger partial charge in [0, 0.05) is 0 Å². The highest BCUT2D eigenvalue weighted by atomic mass is 14.2. The SMILES string of the molecule is [2H]c1c([2H])c([2H])c2c(-c3ccc(-c4cccc5ccccc45)cc3)c3c([2H])c([2H])c([2H])c([2H])c3c(-c3ccc(-c4ccc5ccccc5c4)cc3)c2c1[2H]. The zero-order valence-corrected chi connectivity index (χ0v) is 24.7. The zero-order valence-electron chi connectivity index (χ0n) is 32.7. The molecule has 0 atom stereocenters. The Morgan fingerprint density at radius 2 is 0.761 bits per heavy atom. The van der Waals surface area contributed by atoms with Crippen molar-refractivity contribution in [3.8, 4) is 44.5 Å². The van der Waals surface area contributed by atoms with Crippen molar-refractivity contribution < 1.29 is 11.0 Å². The maximum Gasteiger partial charge on any atom is 0.0629 e. The molecule has 0 heteroatoms. The summed E-state index contributed by atoms with van der Waals surface area (Å²) in [6.07, 6.45) is 0. The van der Waals surface area contributed by atoms with Gasteiger partial charge in [-0.2, -0.15) is 0 Å². The lowest BCUT2D eigenvalue weighted by Crippen LogP contribution is -1.91. The monoisotopic (exact) mass is 590 g/mol. The number of fused-ring (bicyclic) bond motifs is 4. The molecule has 0 aliphatic heterocycles. The van der Waals surface area contributed by atoms with Gasteiger partial charge >= 0.3 is 0 Å².